The van der Waals surface area contributed by atoms with Crippen molar-refractivity contribution in [3.8, 4) is 0 Å². The second-order valence-corrected chi connectivity index (χ2v) is 4.65. The Bertz CT molecular complexity index is 706. The summed E-state index contributed by atoms with van der Waals surface area (Å²) < 4.78 is 13.2. The van der Waals surface area contributed by atoms with Gasteiger partial charge in [-0.25, -0.2) is 0 Å². The van der Waals surface area contributed by atoms with Crippen LogP contribution in [-0.2, 0) is 11.2 Å². The monoisotopic (exact) mass is 308 g/mol. The quantitative estimate of drug-likeness (QED) is 0.693. The third kappa shape index (κ3) is 3.76. The smallest absolute Gasteiger partial charge is 0.306 e. The molecule has 0 bridgehead atoms. The molecule has 0 aliphatic heterocycles. The van der Waals surface area contributed by atoms with Gasteiger partial charge in [0.2, 0.25) is 11.7 Å². The minimum absolute atomic E-state index is 0.0187. The van der Waals surface area contributed by atoms with E-state index in [1.807, 2.05) is 0 Å². The molecule has 0 radical (unpaired) electrons. The molecule has 0 aliphatic carbocycles. The number of amides is 1. The van der Waals surface area contributed by atoms with Crippen LogP contribution in [-0.4, -0.2) is 10.8 Å². The van der Waals surface area contributed by atoms with Crippen molar-refractivity contribution in [3.63, 3.8) is 0 Å². The lowest BCUT2D eigenvalue weighted by atomic mass is 10.1. The zero-order valence-electron chi connectivity index (χ0n) is 10.7. The lowest BCUT2D eigenvalue weighted by Crippen LogP contribution is -2.14. The Morgan fingerprint density at radius 1 is 1.29 bits per heavy atom. The Morgan fingerprint density at radius 3 is 2.67 bits per heavy atom. The van der Waals surface area contributed by atoms with E-state index in [1.54, 1.807) is 24.3 Å². The Hall–Kier alpha value is -2.47. The molecule has 0 aliphatic rings. The molecule has 0 aromatic heterocycles. The topological polar surface area (TPSA) is 72.2 Å². The summed E-state index contributed by atoms with van der Waals surface area (Å²) in [5, 5.41) is 13.6. The van der Waals surface area contributed by atoms with Crippen molar-refractivity contribution >= 4 is 28.9 Å². The SMILES string of the molecule is O=C(Cc1ccccc1Cl)Nc1ccc(F)c([N+](=O)[O-])c1. The summed E-state index contributed by atoms with van der Waals surface area (Å²) in [6.07, 6.45) is 0.0187. The summed E-state index contributed by atoms with van der Waals surface area (Å²) in [7, 11) is 0. The summed E-state index contributed by atoms with van der Waals surface area (Å²) in [5.74, 6) is -1.35. The van der Waals surface area contributed by atoms with Crippen molar-refractivity contribution in [2.24, 2.45) is 0 Å². The van der Waals surface area contributed by atoms with E-state index in [1.165, 1.54) is 6.07 Å². The third-order valence-electron chi connectivity index (χ3n) is 2.74. The first kappa shape index (κ1) is 14.9. The molecule has 108 valence electrons. The number of hydrogen-bond donors (Lipinski definition) is 1. The molecule has 5 nitrogen and oxygen atoms in total. The zero-order chi connectivity index (χ0) is 15.4. The molecule has 7 heteroatoms. The molecular formula is C14H10ClFN2O3. The largest absolute Gasteiger partial charge is 0.326 e. The van der Waals surface area contributed by atoms with E-state index in [0.29, 0.717) is 10.6 Å². The van der Waals surface area contributed by atoms with Gasteiger partial charge >= 0.3 is 5.69 Å². The molecular weight excluding hydrogens is 299 g/mol. The van der Waals surface area contributed by atoms with Crippen LogP contribution in [0.4, 0.5) is 15.8 Å². The van der Waals surface area contributed by atoms with Gasteiger partial charge in [0, 0.05) is 16.8 Å². The van der Waals surface area contributed by atoms with Crippen LogP contribution in [0.5, 0.6) is 0 Å². The number of anilines is 1. The maximum Gasteiger partial charge on any atom is 0.306 e. The van der Waals surface area contributed by atoms with Crippen LogP contribution < -0.4 is 5.32 Å². The first-order chi connectivity index (χ1) is 9.97. The minimum Gasteiger partial charge on any atom is -0.326 e. The van der Waals surface area contributed by atoms with E-state index in [-0.39, 0.29) is 12.1 Å². The lowest BCUT2D eigenvalue weighted by Gasteiger charge is -2.06. The molecule has 1 amide bonds. The number of nitro benzene ring substituents is 1. The molecule has 0 fully saturated rings. The van der Waals surface area contributed by atoms with Crippen LogP contribution in [0.1, 0.15) is 5.56 Å². The normalized spacial score (nSPS) is 10.2. The highest BCUT2D eigenvalue weighted by Crippen LogP contribution is 2.22. The van der Waals surface area contributed by atoms with Crippen LogP contribution >= 0.6 is 11.6 Å². The van der Waals surface area contributed by atoms with Crippen molar-refractivity contribution in [2.75, 3.05) is 5.32 Å². The first-order valence-corrected chi connectivity index (χ1v) is 6.32. The van der Waals surface area contributed by atoms with Crippen LogP contribution in [0.15, 0.2) is 42.5 Å². The predicted molar refractivity (Wildman–Crippen MR) is 76.8 cm³/mol. The molecule has 0 unspecified atom stereocenters. The fourth-order valence-electron chi connectivity index (χ4n) is 1.75. The van der Waals surface area contributed by atoms with Gasteiger partial charge in [-0.1, -0.05) is 29.8 Å². The van der Waals surface area contributed by atoms with Gasteiger partial charge in [-0.15, -0.1) is 0 Å². The average molecular weight is 309 g/mol. The second kappa shape index (κ2) is 6.32. The van der Waals surface area contributed by atoms with E-state index >= 15 is 0 Å². The number of rotatable bonds is 4. The number of halogens is 2. The van der Waals surface area contributed by atoms with Gasteiger partial charge in [0.15, 0.2) is 0 Å². The van der Waals surface area contributed by atoms with Crippen LogP contribution in [0.3, 0.4) is 0 Å². The van der Waals surface area contributed by atoms with Crippen LogP contribution in [0.2, 0.25) is 5.02 Å². The number of carbonyl (C=O) groups is 1. The summed E-state index contributed by atoms with van der Waals surface area (Å²) in [6.45, 7) is 0. The predicted octanol–water partition coefficient (Wildman–Crippen LogP) is 3.57. The summed E-state index contributed by atoms with van der Waals surface area (Å²) in [4.78, 5) is 21.6. The van der Waals surface area contributed by atoms with Crippen LogP contribution in [0, 0.1) is 15.9 Å². The van der Waals surface area contributed by atoms with Crippen molar-refractivity contribution in [3.05, 3.63) is 69.0 Å². The highest BCUT2D eigenvalue weighted by atomic mass is 35.5. The maximum atomic E-state index is 13.2. The van der Waals surface area contributed by atoms with Gasteiger partial charge < -0.3 is 5.32 Å². The summed E-state index contributed by atoms with van der Waals surface area (Å²) in [5.41, 5.74) is 0.0963. The molecule has 2 aromatic carbocycles. The molecule has 0 saturated heterocycles. The highest BCUT2D eigenvalue weighted by molar-refractivity contribution is 6.31. The van der Waals surface area contributed by atoms with Gasteiger partial charge in [-0.2, -0.15) is 4.39 Å². The number of nitrogens with zero attached hydrogens (tertiary/aromatic N) is 1. The maximum absolute atomic E-state index is 13.2. The Balaban J connectivity index is 2.12. The summed E-state index contributed by atoms with van der Waals surface area (Å²) in [6, 6.07) is 10.0. The van der Waals surface area contributed by atoms with Gasteiger partial charge in [0.1, 0.15) is 0 Å². The fourth-order valence-corrected chi connectivity index (χ4v) is 1.95. The molecule has 0 heterocycles. The van der Waals surface area contributed by atoms with E-state index in [0.717, 1.165) is 12.1 Å². The molecule has 0 atom stereocenters. The van der Waals surface area contributed by atoms with Gasteiger partial charge in [0.05, 0.1) is 11.3 Å². The molecule has 2 aromatic rings. The van der Waals surface area contributed by atoms with Crippen molar-refractivity contribution < 1.29 is 14.1 Å². The number of nitro groups is 1. The van der Waals surface area contributed by atoms with Crippen molar-refractivity contribution in [2.45, 2.75) is 6.42 Å². The van der Waals surface area contributed by atoms with Crippen molar-refractivity contribution in [1.82, 2.24) is 0 Å². The zero-order valence-corrected chi connectivity index (χ0v) is 11.4. The van der Waals surface area contributed by atoms with E-state index in [4.69, 9.17) is 11.6 Å². The standard InChI is InChI=1S/C14H10ClFN2O3/c15-11-4-2-1-3-9(11)7-14(19)17-10-5-6-12(16)13(8-10)18(20)21/h1-6,8H,7H2,(H,17,19). The number of hydrogen-bond acceptors (Lipinski definition) is 3. The average Bonchev–Trinajstić information content (AvgIpc) is 2.43. The minimum atomic E-state index is -0.955. The van der Waals surface area contributed by atoms with Crippen LogP contribution in [0.25, 0.3) is 0 Å². The van der Waals surface area contributed by atoms with Gasteiger partial charge in [0.25, 0.3) is 0 Å². The molecule has 21 heavy (non-hydrogen) atoms. The number of carbonyl (C=O) groups excluding carboxylic acids is 1. The fraction of sp³-hybridized carbons (Fsp3) is 0.0714. The van der Waals surface area contributed by atoms with Crippen molar-refractivity contribution in [1.29, 1.82) is 0 Å². The van der Waals surface area contributed by atoms with Gasteiger partial charge in [-0.3, -0.25) is 14.9 Å². The number of nitrogens with one attached hydrogen (secondary N) is 1. The Kier molecular flexibility index (Phi) is 4.49. The lowest BCUT2D eigenvalue weighted by molar-refractivity contribution is -0.387. The second-order valence-electron chi connectivity index (χ2n) is 4.24. The first-order valence-electron chi connectivity index (χ1n) is 5.94. The molecule has 2 rings (SSSR count). The Morgan fingerprint density at radius 2 is 2.00 bits per heavy atom. The Labute approximate surface area is 124 Å². The van der Waals surface area contributed by atoms with E-state index in [2.05, 4.69) is 5.32 Å². The highest BCUT2D eigenvalue weighted by Gasteiger charge is 2.15. The van der Waals surface area contributed by atoms with Gasteiger partial charge in [-0.05, 0) is 23.8 Å². The summed E-state index contributed by atoms with van der Waals surface area (Å²) >= 11 is 5.94. The molecule has 1 N–H and O–H groups in total. The number of benzene rings is 2. The third-order valence-corrected chi connectivity index (χ3v) is 3.10. The molecule has 0 saturated carbocycles. The van der Waals surface area contributed by atoms with E-state index < -0.39 is 22.3 Å². The van der Waals surface area contributed by atoms with E-state index in [9.17, 15) is 19.3 Å². The molecule has 0 spiro atoms.